The number of carbonyl (C=O) groups excluding carboxylic acids is 2. The fraction of sp³-hybridized carbons (Fsp3) is 0.0667. The minimum absolute atomic E-state index is 0.112. The molecule has 0 bridgehead atoms. The van der Waals surface area contributed by atoms with Crippen LogP contribution in [0.4, 0.5) is 21.9 Å². The molecule has 2 aromatic rings. The van der Waals surface area contributed by atoms with Crippen molar-refractivity contribution in [1.29, 1.82) is 0 Å². The number of rotatable bonds is 4. The van der Waals surface area contributed by atoms with Gasteiger partial charge in [-0.3, -0.25) is 14.9 Å². The van der Waals surface area contributed by atoms with Gasteiger partial charge in [-0.1, -0.05) is 6.07 Å². The smallest absolute Gasteiger partial charge is 0.316 e. The summed E-state index contributed by atoms with van der Waals surface area (Å²) in [6, 6.07) is 9.86. The van der Waals surface area contributed by atoms with Crippen molar-refractivity contribution in [2.45, 2.75) is 6.92 Å². The Morgan fingerprint density at radius 2 is 1.61 bits per heavy atom. The van der Waals surface area contributed by atoms with Gasteiger partial charge in [0.2, 0.25) is 0 Å². The molecule has 0 aliphatic rings. The normalized spacial score (nSPS) is 9.96. The zero-order valence-corrected chi connectivity index (χ0v) is 12.2. The van der Waals surface area contributed by atoms with Gasteiger partial charge in [-0.2, -0.15) is 0 Å². The number of nitrogens with two attached hydrogens (primary N) is 1. The van der Waals surface area contributed by atoms with E-state index in [1.165, 1.54) is 18.2 Å². The van der Waals surface area contributed by atoms with Gasteiger partial charge in [0, 0.05) is 28.6 Å². The fourth-order valence-electron chi connectivity index (χ4n) is 1.93. The maximum Gasteiger partial charge on any atom is 0.316 e. The van der Waals surface area contributed by atoms with Gasteiger partial charge in [-0.25, -0.2) is 4.79 Å². The highest BCUT2D eigenvalue weighted by Gasteiger charge is 2.15. The van der Waals surface area contributed by atoms with E-state index in [-0.39, 0.29) is 11.3 Å². The predicted molar refractivity (Wildman–Crippen MR) is 85.4 cm³/mol. The van der Waals surface area contributed by atoms with Crippen LogP contribution in [-0.4, -0.2) is 16.9 Å². The van der Waals surface area contributed by atoms with Gasteiger partial charge in [0.1, 0.15) is 0 Å². The van der Waals surface area contributed by atoms with Crippen molar-refractivity contribution >= 4 is 29.0 Å². The molecule has 8 heteroatoms. The van der Waals surface area contributed by atoms with Gasteiger partial charge < -0.3 is 16.4 Å². The lowest BCUT2D eigenvalue weighted by Crippen LogP contribution is -2.19. The quantitative estimate of drug-likeness (QED) is 0.592. The van der Waals surface area contributed by atoms with E-state index in [0.29, 0.717) is 16.9 Å². The largest absolute Gasteiger partial charge is 0.351 e. The molecule has 0 atom stereocenters. The zero-order valence-electron chi connectivity index (χ0n) is 12.2. The molecular weight excluding hydrogens is 300 g/mol. The van der Waals surface area contributed by atoms with Crippen LogP contribution in [0.1, 0.15) is 15.9 Å². The van der Waals surface area contributed by atoms with E-state index in [4.69, 9.17) is 5.73 Å². The Morgan fingerprint density at radius 1 is 1.04 bits per heavy atom. The first-order valence-corrected chi connectivity index (χ1v) is 6.60. The number of nitrogens with zero attached hydrogens (tertiary/aromatic N) is 1. The van der Waals surface area contributed by atoms with Crippen LogP contribution in [0, 0.1) is 17.0 Å². The van der Waals surface area contributed by atoms with Crippen molar-refractivity contribution in [2.75, 3.05) is 10.6 Å². The summed E-state index contributed by atoms with van der Waals surface area (Å²) in [6.07, 6.45) is 0. The average molecular weight is 314 g/mol. The highest BCUT2D eigenvalue weighted by molar-refractivity contribution is 6.04. The lowest BCUT2D eigenvalue weighted by molar-refractivity contribution is -0.385. The summed E-state index contributed by atoms with van der Waals surface area (Å²) >= 11 is 0. The van der Waals surface area contributed by atoms with Crippen LogP contribution in [0.5, 0.6) is 0 Å². The van der Waals surface area contributed by atoms with Crippen molar-refractivity contribution in [3.8, 4) is 0 Å². The second kappa shape index (κ2) is 6.56. The average Bonchev–Trinajstić information content (AvgIpc) is 2.48. The first kappa shape index (κ1) is 16.0. The zero-order chi connectivity index (χ0) is 17.0. The number of amides is 3. The number of nitro benzene ring substituents is 1. The number of carbonyl (C=O) groups is 2. The molecule has 4 N–H and O–H groups in total. The molecule has 118 valence electrons. The molecule has 0 saturated heterocycles. The molecule has 0 unspecified atom stereocenters. The molecule has 0 aromatic heterocycles. The van der Waals surface area contributed by atoms with Crippen LogP contribution >= 0.6 is 0 Å². The third-order valence-electron chi connectivity index (χ3n) is 3.08. The van der Waals surface area contributed by atoms with E-state index < -0.39 is 16.9 Å². The van der Waals surface area contributed by atoms with E-state index in [2.05, 4.69) is 10.6 Å². The van der Waals surface area contributed by atoms with E-state index >= 15 is 0 Å². The number of nitro groups is 1. The molecule has 2 aromatic carbocycles. The van der Waals surface area contributed by atoms with Gasteiger partial charge in [-0.15, -0.1) is 0 Å². The number of hydrogen-bond acceptors (Lipinski definition) is 4. The number of anilines is 2. The number of benzene rings is 2. The number of urea groups is 1. The standard InChI is InChI=1S/C15H14N4O4/c1-9-2-3-10(8-13(9)19(22)23)14(20)17-11-4-6-12(7-5-11)18-15(16)21/h2-8H,1H3,(H,17,20)(H3,16,18,21). The minimum Gasteiger partial charge on any atom is -0.351 e. The van der Waals surface area contributed by atoms with Crippen molar-refractivity contribution in [3.63, 3.8) is 0 Å². The summed E-state index contributed by atoms with van der Waals surface area (Å²) in [6.45, 7) is 1.60. The number of nitrogens with one attached hydrogen (secondary N) is 2. The third kappa shape index (κ3) is 4.03. The Hall–Kier alpha value is -3.42. The van der Waals surface area contributed by atoms with E-state index in [9.17, 15) is 19.7 Å². The molecule has 0 heterocycles. The summed E-state index contributed by atoms with van der Waals surface area (Å²) in [4.78, 5) is 33.2. The minimum atomic E-state index is -0.686. The van der Waals surface area contributed by atoms with Crippen LogP contribution in [0.2, 0.25) is 0 Å². The van der Waals surface area contributed by atoms with Gasteiger partial charge >= 0.3 is 6.03 Å². The van der Waals surface area contributed by atoms with Crippen molar-refractivity contribution in [3.05, 3.63) is 63.7 Å². The number of aryl methyl sites for hydroxylation is 1. The molecule has 0 aliphatic heterocycles. The van der Waals surface area contributed by atoms with Crippen molar-refractivity contribution in [2.24, 2.45) is 5.73 Å². The Kier molecular flexibility index (Phi) is 4.55. The Morgan fingerprint density at radius 3 is 2.13 bits per heavy atom. The van der Waals surface area contributed by atoms with Crippen LogP contribution in [0.25, 0.3) is 0 Å². The molecule has 8 nitrogen and oxygen atoms in total. The van der Waals surface area contributed by atoms with Gasteiger partial charge in [0.05, 0.1) is 4.92 Å². The summed E-state index contributed by atoms with van der Waals surface area (Å²) in [5, 5.41) is 15.9. The number of hydrogen-bond donors (Lipinski definition) is 3. The molecular formula is C15H14N4O4. The van der Waals surface area contributed by atoms with Crippen LogP contribution in [0.15, 0.2) is 42.5 Å². The topological polar surface area (TPSA) is 127 Å². The predicted octanol–water partition coefficient (Wildman–Crippen LogP) is 2.65. The summed E-state index contributed by atoms with van der Waals surface area (Å²) in [5.41, 5.74) is 6.51. The van der Waals surface area contributed by atoms with Gasteiger partial charge in [-0.05, 0) is 37.3 Å². The van der Waals surface area contributed by atoms with E-state index in [1.54, 1.807) is 31.2 Å². The summed E-state index contributed by atoms with van der Waals surface area (Å²) in [5.74, 6) is -0.469. The molecule has 0 saturated carbocycles. The first-order valence-electron chi connectivity index (χ1n) is 6.60. The third-order valence-corrected chi connectivity index (χ3v) is 3.08. The maximum atomic E-state index is 12.1. The lowest BCUT2D eigenvalue weighted by atomic mass is 10.1. The second-order valence-electron chi connectivity index (χ2n) is 4.78. The van der Waals surface area contributed by atoms with Crippen LogP contribution < -0.4 is 16.4 Å². The highest BCUT2D eigenvalue weighted by atomic mass is 16.6. The number of primary amides is 1. The molecule has 3 amide bonds. The van der Waals surface area contributed by atoms with Crippen molar-refractivity contribution in [1.82, 2.24) is 0 Å². The molecule has 0 fully saturated rings. The van der Waals surface area contributed by atoms with Crippen LogP contribution in [0.3, 0.4) is 0 Å². The summed E-state index contributed by atoms with van der Waals surface area (Å²) in [7, 11) is 0. The second-order valence-corrected chi connectivity index (χ2v) is 4.78. The molecule has 0 spiro atoms. The Labute approximate surface area is 131 Å². The van der Waals surface area contributed by atoms with E-state index in [1.807, 2.05) is 0 Å². The maximum absolute atomic E-state index is 12.1. The molecule has 2 rings (SSSR count). The Bertz CT molecular complexity index is 772. The van der Waals surface area contributed by atoms with Gasteiger partial charge in [0.25, 0.3) is 11.6 Å². The van der Waals surface area contributed by atoms with Gasteiger partial charge in [0.15, 0.2) is 0 Å². The van der Waals surface area contributed by atoms with Crippen molar-refractivity contribution < 1.29 is 14.5 Å². The van der Waals surface area contributed by atoms with Crippen LogP contribution in [-0.2, 0) is 0 Å². The van der Waals surface area contributed by atoms with E-state index in [0.717, 1.165) is 0 Å². The molecule has 23 heavy (non-hydrogen) atoms. The fourth-order valence-corrected chi connectivity index (χ4v) is 1.93. The SMILES string of the molecule is Cc1ccc(C(=O)Nc2ccc(NC(N)=O)cc2)cc1[N+](=O)[O-]. The Balaban J connectivity index is 2.14. The molecule has 0 radical (unpaired) electrons. The summed E-state index contributed by atoms with van der Waals surface area (Å²) < 4.78 is 0. The monoisotopic (exact) mass is 314 g/mol. The first-order chi connectivity index (χ1) is 10.9. The molecule has 0 aliphatic carbocycles. The highest BCUT2D eigenvalue weighted by Crippen LogP contribution is 2.20. The lowest BCUT2D eigenvalue weighted by Gasteiger charge is -2.07.